The maximum absolute atomic E-state index is 12.0. The minimum Gasteiger partial charge on any atom is -0.497 e. The zero-order chi connectivity index (χ0) is 16.0. The molecule has 1 atom stereocenters. The van der Waals surface area contributed by atoms with Gasteiger partial charge in [-0.05, 0) is 25.5 Å². The van der Waals surface area contributed by atoms with Crippen LogP contribution < -0.4 is 10.1 Å². The van der Waals surface area contributed by atoms with Gasteiger partial charge in [0.05, 0.1) is 24.5 Å². The lowest BCUT2D eigenvalue weighted by atomic mass is 10.1. The number of aliphatic hydroxyl groups excluding tert-OH is 1. The number of nitrogens with one attached hydrogen (secondary N) is 1. The third-order valence-electron chi connectivity index (χ3n) is 2.93. The van der Waals surface area contributed by atoms with Crippen molar-refractivity contribution < 1.29 is 24.5 Å². The summed E-state index contributed by atoms with van der Waals surface area (Å²) < 4.78 is 5.02. The van der Waals surface area contributed by atoms with Gasteiger partial charge in [0.2, 0.25) is 0 Å². The number of carbonyl (C=O) groups excluding carboxylic acids is 1. The Labute approximate surface area is 123 Å². The molecule has 0 aliphatic rings. The Morgan fingerprint density at radius 1 is 1.43 bits per heavy atom. The van der Waals surface area contributed by atoms with Gasteiger partial charge in [-0.3, -0.25) is 0 Å². The number of carbonyl (C=O) groups is 2. The average molecular weight is 296 g/mol. The molecule has 1 aromatic carbocycles. The molecular weight excluding hydrogens is 276 g/mol. The van der Waals surface area contributed by atoms with E-state index in [0.29, 0.717) is 18.7 Å². The third-order valence-corrected chi connectivity index (χ3v) is 2.93. The summed E-state index contributed by atoms with van der Waals surface area (Å²) in [7, 11) is 3.02. The zero-order valence-electron chi connectivity index (χ0n) is 12.3. The molecule has 116 valence electrons. The fraction of sp³-hybridized carbons (Fsp3) is 0.429. The standard InChI is InChI=1S/C14H20N2O5/c1-9(17)6-7-16(2)14(20)15-12-8-10(21-3)4-5-11(12)13(18)19/h4-5,8-9,17H,6-7H2,1-3H3,(H,15,20)(H,18,19). The molecule has 0 fully saturated rings. The van der Waals surface area contributed by atoms with Gasteiger partial charge in [-0.25, -0.2) is 9.59 Å². The maximum Gasteiger partial charge on any atom is 0.337 e. The van der Waals surface area contributed by atoms with E-state index in [9.17, 15) is 14.7 Å². The second kappa shape index (κ2) is 7.49. The van der Waals surface area contributed by atoms with Crippen molar-refractivity contribution in [3.8, 4) is 5.75 Å². The lowest BCUT2D eigenvalue weighted by Crippen LogP contribution is -2.33. The average Bonchev–Trinajstić information content (AvgIpc) is 2.43. The molecule has 0 aliphatic carbocycles. The van der Waals surface area contributed by atoms with Crippen LogP contribution in [0.5, 0.6) is 5.75 Å². The Bertz CT molecular complexity index is 516. The largest absolute Gasteiger partial charge is 0.497 e. The van der Waals surface area contributed by atoms with Gasteiger partial charge in [-0.1, -0.05) is 0 Å². The Morgan fingerprint density at radius 2 is 2.10 bits per heavy atom. The fourth-order valence-corrected chi connectivity index (χ4v) is 1.63. The number of aromatic carboxylic acids is 1. The second-order valence-electron chi connectivity index (χ2n) is 4.71. The number of carboxylic acids is 1. The first-order valence-corrected chi connectivity index (χ1v) is 6.46. The van der Waals surface area contributed by atoms with E-state index < -0.39 is 18.1 Å². The zero-order valence-corrected chi connectivity index (χ0v) is 12.3. The monoisotopic (exact) mass is 296 g/mol. The molecule has 2 amide bonds. The number of amides is 2. The van der Waals surface area contributed by atoms with Crippen LogP contribution in [0.25, 0.3) is 0 Å². The van der Waals surface area contributed by atoms with Crippen LogP contribution in [0.3, 0.4) is 0 Å². The van der Waals surface area contributed by atoms with E-state index in [4.69, 9.17) is 9.84 Å². The molecule has 0 aromatic heterocycles. The molecule has 0 spiro atoms. The van der Waals surface area contributed by atoms with Gasteiger partial charge >= 0.3 is 12.0 Å². The van der Waals surface area contributed by atoms with E-state index >= 15 is 0 Å². The van der Waals surface area contributed by atoms with Crippen LogP contribution in [0.1, 0.15) is 23.7 Å². The lowest BCUT2D eigenvalue weighted by Gasteiger charge is -2.19. The lowest BCUT2D eigenvalue weighted by molar-refractivity contribution is 0.0698. The van der Waals surface area contributed by atoms with E-state index in [0.717, 1.165) is 0 Å². The molecule has 3 N–H and O–H groups in total. The van der Waals surface area contributed by atoms with Crippen molar-refractivity contribution in [1.29, 1.82) is 0 Å². The van der Waals surface area contributed by atoms with Crippen molar-refractivity contribution >= 4 is 17.7 Å². The number of aliphatic hydroxyl groups is 1. The van der Waals surface area contributed by atoms with Crippen molar-refractivity contribution in [2.45, 2.75) is 19.4 Å². The Kier molecular flexibility index (Phi) is 5.98. The smallest absolute Gasteiger partial charge is 0.337 e. The molecule has 7 nitrogen and oxygen atoms in total. The van der Waals surface area contributed by atoms with Gasteiger partial charge in [0.25, 0.3) is 0 Å². The van der Waals surface area contributed by atoms with Crippen molar-refractivity contribution in [1.82, 2.24) is 4.90 Å². The van der Waals surface area contributed by atoms with E-state index in [1.165, 1.54) is 30.2 Å². The van der Waals surface area contributed by atoms with Crippen molar-refractivity contribution in [3.63, 3.8) is 0 Å². The predicted molar refractivity (Wildman–Crippen MR) is 77.9 cm³/mol. The number of benzene rings is 1. The first-order chi connectivity index (χ1) is 9.85. The molecule has 0 heterocycles. The van der Waals surface area contributed by atoms with Crippen LogP contribution in [-0.4, -0.2) is 53.9 Å². The number of hydrogen-bond donors (Lipinski definition) is 3. The van der Waals surface area contributed by atoms with Gasteiger partial charge in [-0.2, -0.15) is 0 Å². The summed E-state index contributed by atoms with van der Waals surface area (Å²) in [6.07, 6.45) is -0.0694. The third kappa shape index (κ3) is 4.96. The van der Waals surface area contributed by atoms with Crippen LogP contribution >= 0.6 is 0 Å². The molecule has 0 saturated heterocycles. The van der Waals surface area contributed by atoms with E-state index in [2.05, 4.69) is 5.32 Å². The van der Waals surface area contributed by atoms with Crippen LogP contribution in [-0.2, 0) is 0 Å². The molecular formula is C14H20N2O5. The fourth-order valence-electron chi connectivity index (χ4n) is 1.63. The van der Waals surface area contributed by atoms with Crippen LogP contribution in [0.4, 0.5) is 10.5 Å². The predicted octanol–water partition coefficient (Wildman–Crippen LogP) is 1.63. The van der Waals surface area contributed by atoms with Crippen molar-refractivity contribution in [2.24, 2.45) is 0 Å². The van der Waals surface area contributed by atoms with Crippen LogP contribution in [0.15, 0.2) is 18.2 Å². The van der Waals surface area contributed by atoms with Crippen LogP contribution in [0, 0.1) is 0 Å². The highest BCUT2D eigenvalue weighted by atomic mass is 16.5. The summed E-state index contributed by atoms with van der Waals surface area (Å²) in [5, 5.41) is 20.9. The molecule has 1 rings (SSSR count). The summed E-state index contributed by atoms with van der Waals surface area (Å²) in [4.78, 5) is 24.5. The van der Waals surface area contributed by atoms with E-state index in [-0.39, 0.29) is 11.3 Å². The maximum atomic E-state index is 12.0. The number of nitrogens with zero attached hydrogens (tertiary/aromatic N) is 1. The minimum atomic E-state index is -1.14. The highest BCUT2D eigenvalue weighted by molar-refractivity contribution is 6.00. The summed E-state index contributed by atoms with van der Waals surface area (Å²) in [6.45, 7) is 1.99. The number of rotatable bonds is 6. The molecule has 0 aliphatic heterocycles. The van der Waals surface area contributed by atoms with Gasteiger partial charge in [0, 0.05) is 19.7 Å². The summed E-state index contributed by atoms with van der Waals surface area (Å²) in [6, 6.07) is 3.87. The number of hydrogen-bond acceptors (Lipinski definition) is 4. The topological polar surface area (TPSA) is 99.1 Å². The number of anilines is 1. The Balaban J connectivity index is 2.85. The van der Waals surface area contributed by atoms with Crippen molar-refractivity contribution in [3.05, 3.63) is 23.8 Å². The van der Waals surface area contributed by atoms with Crippen LogP contribution in [0.2, 0.25) is 0 Å². The normalized spacial score (nSPS) is 11.6. The number of carboxylic acid groups (broad SMARTS) is 1. The van der Waals surface area contributed by atoms with Gasteiger partial charge in [0.1, 0.15) is 5.75 Å². The highest BCUT2D eigenvalue weighted by Gasteiger charge is 2.16. The number of urea groups is 1. The molecule has 21 heavy (non-hydrogen) atoms. The highest BCUT2D eigenvalue weighted by Crippen LogP contribution is 2.23. The molecule has 7 heteroatoms. The van der Waals surface area contributed by atoms with Gasteiger partial charge in [-0.15, -0.1) is 0 Å². The first-order valence-electron chi connectivity index (χ1n) is 6.46. The van der Waals surface area contributed by atoms with E-state index in [1.807, 2.05) is 0 Å². The molecule has 0 saturated carbocycles. The second-order valence-corrected chi connectivity index (χ2v) is 4.71. The molecule has 1 unspecified atom stereocenters. The molecule has 1 aromatic rings. The van der Waals surface area contributed by atoms with E-state index in [1.54, 1.807) is 14.0 Å². The Morgan fingerprint density at radius 3 is 2.62 bits per heavy atom. The Hall–Kier alpha value is -2.28. The number of methoxy groups -OCH3 is 1. The van der Waals surface area contributed by atoms with Gasteiger partial charge in [0.15, 0.2) is 0 Å². The van der Waals surface area contributed by atoms with Crippen molar-refractivity contribution in [2.75, 3.05) is 26.0 Å². The molecule has 0 radical (unpaired) electrons. The SMILES string of the molecule is COc1ccc(C(=O)O)c(NC(=O)N(C)CCC(C)O)c1. The summed E-state index contributed by atoms with van der Waals surface area (Å²) in [5.74, 6) is -0.693. The quantitative estimate of drug-likeness (QED) is 0.741. The van der Waals surface area contributed by atoms with Gasteiger partial charge < -0.3 is 25.2 Å². The summed E-state index contributed by atoms with van der Waals surface area (Å²) in [5.41, 5.74) is 0.142. The number of ether oxygens (including phenoxy) is 1. The minimum absolute atomic E-state index is 0.0203. The molecule has 0 bridgehead atoms. The summed E-state index contributed by atoms with van der Waals surface area (Å²) >= 11 is 0. The first kappa shape index (κ1) is 16.8.